The molecule has 7 heteroatoms. The molecule has 2 aromatic heterocycles. The number of amides is 1. The van der Waals surface area contributed by atoms with Gasteiger partial charge in [-0.2, -0.15) is 0 Å². The predicted molar refractivity (Wildman–Crippen MR) is 92.8 cm³/mol. The molecule has 23 heavy (non-hydrogen) atoms. The summed E-state index contributed by atoms with van der Waals surface area (Å²) < 4.78 is 0. The van der Waals surface area contributed by atoms with Gasteiger partial charge < -0.3 is 5.32 Å². The van der Waals surface area contributed by atoms with E-state index in [0.717, 1.165) is 17.8 Å². The molecule has 0 radical (unpaired) electrons. The molecular weight excluding hydrogens is 328 g/mol. The van der Waals surface area contributed by atoms with Crippen molar-refractivity contribution < 1.29 is 4.79 Å². The number of hydrogen-bond acceptors (Lipinski definition) is 6. The van der Waals surface area contributed by atoms with Crippen LogP contribution in [0.4, 0.5) is 0 Å². The fraction of sp³-hybridized carbons (Fsp3) is 0.500. The summed E-state index contributed by atoms with van der Waals surface area (Å²) in [6.45, 7) is 2.50. The van der Waals surface area contributed by atoms with Crippen molar-refractivity contribution >= 4 is 29.0 Å². The third-order valence-electron chi connectivity index (χ3n) is 3.72. The monoisotopic (exact) mass is 348 g/mol. The zero-order valence-electron chi connectivity index (χ0n) is 13.1. The number of nitrogens with zero attached hydrogens (tertiary/aromatic N) is 3. The number of thiazole rings is 1. The molecule has 3 rings (SSSR count). The molecule has 0 spiro atoms. The molecule has 122 valence electrons. The summed E-state index contributed by atoms with van der Waals surface area (Å²) >= 11 is 3.18. The average molecular weight is 348 g/mol. The minimum Gasteiger partial charge on any atom is -0.355 e. The lowest BCUT2D eigenvalue weighted by molar-refractivity contribution is -0.120. The number of fused-ring (bicyclic) bond motifs is 1. The molecule has 1 aliphatic carbocycles. The van der Waals surface area contributed by atoms with Gasteiger partial charge in [0.15, 0.2) is 5.16 Å². The lowest BCUT2D eigenvalue weighted by Gasteiger charge is -2.10. The highest BCUT2D eigenvalue weighted by Gasteiger charge is 2.17. The average Bonchev–Trinajstić information content (AvgIpc) is 2.98. The Kier molecular flexibility index (Phi) is 5.61. The Hall–Kier alpha value is -1.47. The Balaban J connectivity index is 1.44. The Morgan fingerprint density at radius 2 is 2.13 bits per heavy atom. The van der Waals surface area contributed by atoms with Crippen LogP contribution in [0.1, 0.15) is 35.3 Å². The first-order chi connectivity index (χ1) is 11.2. The topological polar surface area (TPSA) is 67.8 Å². The Morgan fingerprint density at radius 3 is 2.91 bits per heavy atom. The second kappa shape index (κ2) is 7.88. The van der Waals surface area contributed by atoms with Crippen molar-refractivity contribution in [3.63, 3.8) is 0 Å². The molecule has 0 unspecified atom stereocenters. The van der Waals surface area contributed by atoms with Gasteiger partial charge in [-0.15, -0.1) is 11.3 Å². The largest absolute Gasteiger partial charge is 0.355 e. The molecule has 1 aliphatic rings. The first-order valence-electron chi connectivity index (χ1n) is 7.91. The normalized spacial score (nSPS) is 15.0. The van der Waals surface area contributed by atoms with Gasteiger partial charge in [-0.05, 0) is 38.7 Å². The maximum absolute atomic E-state index is 12.1. The molecule has 2 aromatic rings. The second-order valence-corrected chi connectivity index (χ2v) is 7.99. The zero-order valence-corrected chi connectivity index (χ0v) is 14.8. The van der Waals surface area contributed by atoms with Gasteiger partial charge >= 0.3 is 0 Å². The van der Waals surface area contributed by atoms with Crippen molar-refractivity contribution in [2.24, 2.45) is 0 Å². The van der Waals surface area contributed by atoms with E-state index in [2.05, 4.69) is 15.3 Å². The molecule has 5 nitrogen and oxygen atoms in total. The predicted octanol–water partition coefficient (Wildman–Crippen LogP) is 2.65. The van der Waals surface area contributed by atoms with Crippen molar-refractivity contribution in [1.29, 1.82) is 0 Å². The van der Waals surface area contributed by atoms with Crippen LogP contribution in [0.5, 0.6) is 0 Å². The molecule has 1 atom stereocenters. The Morgan fingerprint density at radius 1 is 1.35 bits per heavy atom. The number of carbonyl (C=O) groups is 1. The van der Waals surface area contributed by atoms with Crippen molar-refractivity contribution in [3.8, 4) is 0 Å². The summed E-state index contributed by atoms with van der Waals surface area (Å²) in [5, 5.41) is 4.55. The number of aromatic nitrogens is 3. The van der Waals surface area contributed by atoms with E-state index in [9.17, 15) is 4.79 Å². The SMILES string of the molecule is C[C@@H](Sc1ncccn1)C(=O)NCCc1nc2c(s1)CCCC2. The maximum atomic E-state index is 12.1. The van der Waals surface area contributed by atoms with E-state index in [1.54, 1.807) is 18.5 Å². The zero-order chi connectivity index (χ0) is 16.1. The molecule has 0 aromatic carbocycles. The van der Waals surface area contributed by atoms with E-state index in [1.165, 1.54) is 41.6 Å². The Bertz CT molecular complexity index is 636. The molecule has 0 aliphatic heterocycles. The third kappa shape index (κ3) is 4.51. The summed E-state index contributed by atoms with van der Waals surface area (Å²) in [5.41, 5.74) is 1.28. The molecule has 0 bridgehead atoms. The summed E-state index contributed by atoms with van der Waals surface area (Å²) in [5.74, 6) is 0.0174. The van der Waals surface area contributed by atoms with E-state index in [4.69, 9.17) is 4.98 Å². The summed E-state index contributed by atoms with van der Waals surface area (Å²) in [4.78, 5) is 26.5. The molecule has 1 amide bonds. The van der Waals surface area contributed by atoms with Crippen LogP contribution in [0.15, 0.2) is 23.6 Å². The van der Waals surface area contributed by atoms with Crippen molar-refractivity contribution in [3.05, 3.63) is 34.0 Å². The first-order valence-corrected chi connectivity index (χ1v) is 9.61. The lowest BCUT2D eigenvalue weighted by Crippen LogP contribution is -2.32. The fourth-order valence-corrected chi connectivity index (χ4v) is 4.41. The van der Waals surface area contributed by atoms with Gasteiger partial charge in [0, 0.05) is 30.2 Å². The summed E-state index contributed by atoms with van der Waals surface area (Å²) in [6, 6.07) is 1.77. The summed E-state index contributed by atoms with van der Waals surface area (Å²) in [6.07, 6.45) is 8.99. The number of nitrogens with one attached hydrogen (secondary N) is 1. The lowest BCUT2D eigenvalue weighted by atomic mass is 10.0. The smallest absolute Gasteiger partial charge is 0.233 e. The van der Waals surface area contributed by atoms with E-state index < -0.39 is 0 Å². The van der Waals surface area contributed by atoms with Crippen LogP contribution in [-0.2, 0) is 24.1 Å². The minimum atomic E-state index is -0.207. The Labute approximate surface area is 144 Å². The van der Waals surface area contributed by atoms with E-state index in [1.807, 2.05) is 18.3 Å². The van der Waals surface area contributed by atoms with Crippen molar-refractivity contribution in [1.82, 2.24) is 20.3 Å². The maximum Gasteiger partial charge on any atom is 0.233 e. The highest BCUT2D eigenvalue weighted by Crippen LogP contribution is 2.26. The molecule has 2 heterocycles. The number of rotatable bonds is 6. The van der Waals surface area contributed by atoms with Gasteiger partial charge in [0.2, 0.25) is 5.91 Å². The van der Waals surface area contributed by atoms with Crippen LogP contribution in [0.2, 0.25) is 0 Å². The van der Waals surface area contributed by atoms with Gasteiger partial charge in [0.25, 0.3) is 0 Å². The van der Waals surface area contributed by atoms with E-state index >= 15 is 0 Å². The minimum absolute atomic E-state index is 0.0174. The molecule has 0 fully saturated rings. The molecule has 0 saturated carbocycles. The second-order valence-electron chi connectivity index (χ2n) is 5.52. The fourth-order valence-electron chi connectivity index (χ4n) is 2.51. The van der Waals surface area contributed by atoms with Crippen LogP contribution in [0.25, 0.3) is 0 Å². The van der Waals surface area contributed by atoms with Crippen LogP contribution < -0.4 is 5.32 Å². The van der Waals surface area contributed by atoms with Crippen LogP contribution in [-0.4, -0.2) is 32.7 Å². The standard InChI is InChI=1S/C16H20N4OS2/c1-11(22-16-18-8-4-9-19-16)15(21)17-10-7-14-20-12-5-2-3-6-13(12)23-14/h4,8-9,11H,2-3,5-7,10H2,1H3,(H,17,21)/t11-/m1/s1. The quantitative estimate of drug-likeness (QED) is 0.642. The third-order valence-corrected chi connectivity index (χ3v) is 5.93. The van der Waals surface area contributed by atoms with Crippen molar-refractivity contribution in [2.75, 3.05) is 6.54 Å². The van der Waals surface area contributed by atoms with Crippen LogP contribution in [0, 0.1) is 0 Å². The summed E-state index contributed by atoms with van der Waals surface area (Å²) in [7, 11) is 0. The first kappa shape index (κ1) is 16.4. The number of hydrogen-bond donors (Lipinski definition) is 1. The van der Waals surface area contributed by atoms with Crippen molar-refractivity contribution in [2.45, 2.75) is 49.4 Å². The van der Waals surface area contributed by atoms with Gasteiger partial charge in [-0.3, -0.25) is 4.79 Å². The number of carbonyl (C=O) groups excluding carboxylic acids is 1. The van der Waals surface area contributed by atoms with Gasteiger partial charge in [0.1, 0.15) is 0 Å². The number of thioether (sulfide) groups is 1. The highest BCUT2D eigenvalue weighted by atomic mass is 32.2. The van der Waals surface area contributed by atoms with E-state index in [0.29, 0.717) is 11.7 Å². The number of aryl methyl sites for hydroxylation is 2. The van der Waals surface area contributed by atoms with Crippen LogP contribution >= 0.6 is 23.1 Å². The van der Waals surface area contributed by atoms with Crippen LogP contribution in [0.3, 0.4) is 0 Å². The highest BCUT2D eigenvalue weighted by molar-refractivity contribution is 8.00. The van der Waals surface area contributed by atoms with Gasteiger partial charge in [-0.1, -0.05) is 11.8 Å². The molecule has 0 saturated heterocycles. The van der Waals surface area contributed by atoms with E-state index in [-0.39, 0.29) is 11.2 Å². The molecule has 1 N–H and O–H groups in total. The molecular formula is C16H20N4OS2. The van der Waals surface area contributed by atoms with Gasteiger partial charge in [0.05, 0.1) is 16.0 Å². The van der Waals surface area contributed by atoms with Gasteiger partial charge in [-0.25, -0.2) is 15.0 Å².